The molecule has 0 radical (unpaired) electrons. The molecule has 4 nitrogen and oxygen atoms in total. The summed E-state index contributed by atoms with van der Waals surface area (Å²) in [4.78, 5) is 11.7. The smallest absolute Gasteiger partial charge is 0.183 e. The monoisotopic (exact) mass is 325 g/mol. The first-order valence-corrected chi connectivity index (χ1v) is 8.75. The van der Waals surface area contributed by atoms with E-state index >= 15 is 0 Å². The van der Waals surface area contributed by atoms with E-state index in [0.29, 0.717) is 11.8 Å². The highest BCUT2D eigenvalue weighted by Gasteiger charge is 2.72. The van der Waals surface area contributed by atoms with Crippen molar-refractivity contribution in [2.45, 2.75) is 23.0 Å². The Labute approximate surface area is 135 Å². The topological polar surface area (TPSA) is 75.0 Å². The molecule has 0 unspecified atom stereocenters. The third kappa shape index (κ3) is 2.27. The van der Waals surface area contributed by atoms with Gasteiger partial charge in [0, 0.05) is 5.92 Å². The number of carbonyl (C=O) groups is 1. The van der Waals surface area contributed by atoms with Gasteiger partial charge in [0.05, 0.1) is 11.0 Å². The molecule has 0 amide bonds. The van der Waals surface area contributed by atoms with Crippen LogP contribution in [-0.2, 0) is 14.6 Å². The maximum absolute atomic E-state index is 12.9. The summed E-state index contributed by atoms with van der Waals surface area (Å²) >= 11 is 0. The van der Waals surface area contributed by atoms with Crippen LogP contribution >= 0.6 is 0 Å². The number of carbonyl (C=O) groups excluding carboxylic acids is 1. The van der Waals surface area contributed by atoms with Crippen molar-refractivity contribution in [2.75, 3.05) is 0 Å². The largest absolute Gasteiger partial charge is 0.302 e. The van der Waals surface area contributed by atoms with Gasteiger partial charge < -0.3 is 4.79 Å². The third-order valence-corrected chi connectivity index (χ3v) is 6.67. The fraction of sp³-hybridized carbons (Fsp3) is 0.222. The van der Waals surface area contributed by atoms with E-state index in [1.54, 1.807) is 36.4 Å². The summed E-state index contributed by atoms with van der Waals surface area (Å²) in [5.41, 5.74) is 0.133. The van der Waals surface area contributed by atoms with E-state index in [2.05, 4.69) is 0 Å². The Hall–Kier alpha value is -2.45. The average molecular weight is 325 g/mol. The predicted octanol–water partition coefficient (Wildman–Crippen LogP) is 2.64. The van der Waals surface area contributed by atoms with Crippen molar-refractivity contribution in [3.63, 3.8) is 0 Å². The summed E-state index contributed by atoms with van der Waals surface area (Å²) in [6.07, 6.45) is 0.487. The van der Waals surface area contributed by atoms with Gasteiger partial charge in [-0.25, -0.2) is 8.42 Å². The maximum Gasteiger partial charge on any atom is 0.183 e. The fourth-order valence-electron chi connectivity index (χ4n) is 3.10. The number of nitrogens with zero attached hydrogens (tertiary/aromatic N) is 1. The number of nitriles is 1. The van der Waals surface area contributed by atoms with Gasteiger partial charge in [-0.05, 0) is 24.6 Å². The molecule has 2 aromatic rings. The summed E-state index contributed by atoms with van der Waals surface area (Å²) in [7, 11) is -3.77. The zero-order chi connectivity index (χ0) is 16.7. The summed E-state index contributed by atoms with van der Waals surface area (Å²) < 4.78 is 25.8. The molecule has 1 aliphatic carbocycles. The SMILES string of the molecule is Cc1ccc(S(=O)(=O)[C@@H]2[C@H](c3ccccc3)[C@]2(C#N)C=O)cc1. The molecule has 0 aliphatic heterocycles. The molecule has 0 aromatic heterocycles. The van der Waals surface area contributed by atoms with Gasteiger partial charge in [0.25, 0.3) is 0 Å². The molecule has 3 atom stereocenters. The van der Waals surface area contributed by atoms with Crippen LogP contribution in [0.25, 0.3) is 0 Å². The summed E-state index contributed by atoms with van der Waals surface area (Å²) in [5, 5.41) is 8.43. The van der Waals surface area contributed by atoms with Crippen molar-refractivity contribution >= 4 is 16.1 Å². The highest BCUT2D eigenvalue weighted by Crippen LogP contribution is 2.62. The quantitative estimate of drug-likeness (QED) is 0.810. The van der Waals surface area contributed by atoms with Crippen molar-refractivity contribution in [1.82, 2.24) is 0 Å². The molecular weight excluding hydrogens is 310 g/mol. The number of aldehydes is 1. The molecule has 23 heavy (non-hydrogen) atoms. The minimum absolute atomic E-state index is 0.146. The first kappa shape index (κ1) is 15.4. The number of benzene rings is 2. The van der Waals surface area contributed by atoms with Crippen molar-refractivity contribution in [1.29, 1.82) is 5.26 Å². The maximum atomic E-state index is 12.9. The summed E-state index contributed by atoms with van der Waals surface area (Å²) in [6.45, 7) is 1.87. The molecule has 3 rings (SSSR count). The van der Waals surface area contributed by atoms with Gasteiger partial charge >= 0.3 is 0 Å². The molecule has 1 saturated carbocycles. The zero-order valence-electron chi connectivity index (χ0n) is 12.5. The first-order valence-electron chi connectivity index (χ1n) is 7.20. The second-order valence-electron chi connectivity index (χ2n) is 5.83. The lowest BCUT2D eigenvalue weighted by Crippen LogP contribution is -2.16. The number of rotatable bonds is 4. The van der Waals surface area contributed by atoms with E-state index in [1.807, 2.05) is 19.1 Å². The van der Waals surface area contributed by atoms with Crippen LogP contribution in [0.1, 0.15) is 17.0 Å². The average Bonchev–Trinajstić information content (AvgIpc) is 3.27. The van der Waals surface area contributed by atoms with Crippen LogP contribution in [-0.4, -0.2) is 20.0 Å². The standard InChI is InChI=1S/C18H15NO3S/c1-13-7-9-15(10-8-13)23(21,22)17-16(18(17,11-19)12-20)14-5-3-2-4-6-14/h2-10,12,16-17H,1H3/t16-,17+,18-/m0/s1. The molecular formula is C18H15NO3S. The van der Waals surface area contributed by atoms with Crippen molar-refractivity contribution < 1.29 is 13.2 Å². The van der Waals surface area contributed by atoms with Gasteiger partial charge in [0.2, 0.25) is 0 Å². The van der Waals surface area contributed by atoms with Gasteiger partial charge in [-0.15, -0.1) is 0 Å². The Bertz CT molecular complexity index is 882. The highest BCUT2D eigenvalue weighted by atomic mass is 32.2. The van der Waals surface area contributed by atoms with Crippen LogP contribution in [0.2, 0.25) is 0 Å². The first-order chi connectivity index (χ1) is 11.0. The van der Waals surface area contributed by atoms with Crippen molar-refractivity contribution in [3.8, 4) is 6.07 Å². The molecule has 0 saturated heterocycles. The third-order valence-electron chi connectivity index (χ3n) is 4.41. The lowest BCUT2D eigenvalue weighted by atomic mass is 10.0. The Kier molecular flexibility index (Phi) is 3.57. The van der Waals surface area contributed by atoms with Gasteiger partial charge in [-0.1, -0.05) is 48.0 Å². The second-order valence-corrected chi connectivity index (χ2v) is 7.90. The molecule has 5 heteroatoms. The van der Waals surface area contributed by atoms with Gasteiger partial charge in [-0.3, -0.25) is 0 Å². The Balaban J connectivity index is 2.09. The van der Waals surface area contributed by atoms with E-state index in [4.69, 9.17) is 0 Å². The lowest BCUT2D eigenvalue weighted by Gasteiger charge is -2.05. The molecule has 0 heterocycles. The van der Waals surface area contributed by atoms with Crippen LogP contribution in [0, 0.1) is 23.7 Å². The van der Waals surface area contributed by atoms with E-state index in [1.165, 1.54) is 12.1 Å². The molecule has 2 aromatic carbocycles. The highest BCUT2D eigenvalue weighted by molar-refractivity contribution is 7.92. The van der Waals surface area contributed by atoms with E-state index in [-0.39, 0.29) is 4.90 Å². The second kappa shape index (κ2) is 5.32. The number of sulfone groups is 1. The van der Waals surface area contributed by atoms with Crippen LogP contribution in [0.3, 0.4) is 0 Å². The molecule has 0 spiro atoms. The number of aryl methyl sites for hydroxylation is 1. The Morgan fingerprint density at radius 3 is 2.22 bits per heavy atom. The number of hydrogen-bond donors (Lipinski definition) is 0. The van der Waals surface area contributed by atoms with Crippen LogP contribution in [0.4, 0.5) is 0 Å². The van der Waals surface area contributed by atoms with Gasteiger partial charge in [0.1, 0.15) is 17.0 Å². The predicted molar refractivity (Wildman–Crippen MR) is 85.4 cm³/mol. The van der Waals surface area contributed by atoms with Crippen LogP contribution in [0.5, 0.6) is 0 Å². The summed E-state index contributed by atoms with van der Waals surface area (Å²) in [6, 6.07) is 17.3. The minimum Gasteiger partial charge on any atom is -0.302 e. The molecule has 116 valence electrons. The van der Waals surface area contributed by atoms with E-state index in [0.717, 1.165) is 5.56 Å². The van der Waals surface area contributed by atoms with Crippen molar-refractivity contribution in [3.05, 3.63) is 65.7 Å². The summed E-state index contributed by atoms with van der Waals surface area (Å²) in [5.74, 6) is -0.627. The minimum atomic E-state index is -3.77. The molecule has 0 N–H and O–H groups in total. The fourth-order valence-corrected chi connectivity index (χ4v) is 5.33. The Morgan fingerprint density at radius 1 is 1.09 bits per heavy atom. The van der Waals surface area contributed by atoms with Crippen molar-refractivity contribution in [2.24, 2.45) is 5.41 Å². The zero-order valence-corrected chi connectivity index (χ0v) is 13.3. The molecule has 0 bridgehead atoms. The van der Waals surface area contributed by atoms with Crippen LogP contribution in [0.15, 0.2) is 59.5 Å². The molecule has 1 fully saturated rings. The van der Waals surface area contributed by atoms with E-state index in [9.17, 15) is 18.5 Å². The van der Waals surface area contributed by atoms with Crippen LogP contribution < -0.4 is 0 Å². The van der Waals surface area contributed by atoms with E-state index < -0.39 is 26.4 Å². The lowest BCUT2D eigenvalue weighted by molar-refractivity contribution is -0.110. The Morgan fingerprint density at radius 2 is 1.70 bits per heavy atom. The van der Waals surface area contributed by atoms with Gasteiger partial charge in [0.15, 0.2) is 9.84 Å². The number of hydrogen-bond acceptors (Lipinski definition) is 4. The molecule has 1 aliphatic rings. The van der Waals surface area contributed by atoms with Gasteiger partial charge in [-0.2, -0.15) is 5.26 Å². The normalized spacial score (nSPS) is 26.3.